The lowest BCUT2D eigenvalue weighted by Crippen LogP contribution is -2.30. The Kier molecular flexibility index (Phi) is 4.08. The van der Waals surface area contributed by atoms with Crippen LogP contribution in [0.2, 0.25) is 0 Å². The van der Waals surface area contributed by atoms with E-state index >= 15 is 0 Å². The van der Waals surface area contributed by atoms with E-state index in [0.717, 1.165) is 33.4 Å². The molecule has 128 valence electrons. The summed E-state index contributed by atoms with van der Waals surface area (Å²) in [6.45, 7) is 0. The molecule has 2 aromatic carbocycles. The summed E-state index contributed by atoms with van der Waals surface area (Å²) >= 11 is 0. The predicted molar refractivity (Wildman–Crippen MR) is 99.3 cm³/mol. The fraction of sp³-hybridized carbons (Fsp3) is 0.0588. The van der Waals surface area contributed by atoms with Gasteiger partial charge in [0.25, 0.3) is 0 Å². The van der Waals surface area contributed by atoms with Crippen LogP contribution in [-0.2, 0) is 0 Å². The van der Waals surface area contributed by atoms with Crippen LogP contribution < -0.4 is 10.8 Å². The summed E-state index contributed by atoms with van der Waals surface area (Å²) in [6, 6.07) is 11.0. The number of fused-ring (bicyclic) bond motifs is 1. The SMILES string of the molecule is CNc1cnnc2cc(-c3cc(B(O)O)ccc3-n3cncn3)ccc12. The molecule has 0 amide bonds. The molecule has 2 aromatic heterocycles. The van der Waals surface area contributed by atoms with Crippen LogP contribution in [0, 0.1) is 0 Å². The lowest BCUT2D eigenvalue weighted by atomic mass is 9.78. The lowest BCUT2D eigenvalue weighted by molar-refractivity contribution is 0.426. The third kappa shape index (κ3) is 2.79. The zero-order valence-corrected chi connectivity index (χ0v) is 13.9. The van der Waals surface area contributed by atoms with E-state index in [9.17, 15) is 10.0 Å². The Labute approximate surface area is 149 Å². The lowest BCUT2D eigenvalue weighted by Gasteiger charge is -2.13. The fourth-order valence-corrected chi connectivity index (χ4v) is 2.91. The number of anilines is 1. The molecule has 8 nitrogen and oxygen atoms in total. The monoisotopic (exact) mass is 346 g/mol. The van der Waals surface area contributed by atoms with Crippen LogP contribution in [0.25, 0.3) is 27.7 Å². The van der Waals surface area contributed by atoms with Gasteiger partial charge >= 0.3 is 7.12 Å². The van der Waals surface area contributed by atoms with Crippen molar-refractivity contribution in [2.24, 2.45) is 0 Å². The summed E-state index contributed by atoms with van der Waals surface area (Å²) in [5, 5.41) is 35.5. The molecule has 3 N–H and O–H groups in total. The smallest absolute Gasteiger partial charge is 0.423 e. The Hall–Kier alpha value is -3.30. The molecule has 0 bridgehead atoms. The second kappa shape index (κ2) is 6.55. The normalized spacial score (nSPS) is 10.9. The molecular weight excluding hydrogens is 331 g/mol. The summed E-state index contributed by atoms with van der Waals surface area (Å²) in [7, 11) is 0.272. The van der Waals surface area contributed by atoms with E-state index in [4.69, 9.17) is 0 Å². The molecule has 2 heterocycles. The van der Waals surface area contributed by atoms with Gasteiger partial charge in [-0.25, -0.2) is 9.67 Å². The Morgan fingerprint density at radius 2 is 2.00 bits per heavy atom. The van der Waals surface area contributed by atoms with E-state index in [-0.39, 0.29) is 0 Å². The molecule has 0 atom stereocenters. The quantitative estimate of drug-likeness (QED) is 0.464. The molecule has 4 rings (SSSR count). The summed E-state index contributed by atoms with van der Waals surface area (Å²) in [5.41, 5.74) is 4.40. The van der Waals surface area contributed by atoms with Crippen molar-refractivity contribution < 1.29 is 10.0 Å². The zero-order chi connectivity index (χ0) is 18.1. The van der Waals surface area contributed by atoms with E-state index in [1.165, 1.54) is 6.33 Å². The van der Waals surface area contributed by atoms with Gasteiger partial charge in [-0.05, 0) is 29.2 Å². The molecule has 0 saturated carbocycles. The van der Waals surface area contributed by atoms with Crippen molar-refractivity contribution in [2.75, 3.05) is 12.4 Å². The van der Waals surface area contributed by atoms with Crippen LogP contribution in [0.3, 0.4) is 0 Å². The maximum absolute atomic E-state index is 9.55. The van der Waals surface area contributed by atoms with Gasteiger partial charge in [-0.15, -0.1) is 0 Å². The van der Waals surface area contributed by atoms with Crippen molar-refractivity contribution in [2.45, 2.75) is 0 Å². The molecule has 4 aromatic rings. The van der Waals surface area contributed by atoms with Crippen LogP contribution in [0.4, 0.5) is 5.69 Å². The van der Waals surface area contributed by atoms with Crippen molar-refractivity contribution >= 4 is 29.2 Å². The minimum absolute atomic E-state index is 0.388. The first-order valence-electron chi connectivity index (χ1n) is 7.96. The highest BCUT2D eigenvalue weighted by Crippen LogP contribution is 2.30. The number of aromatic nitrogens is 5. The molecule has 0 aliphatic carbocycles. The van der Waals surface area contributed by atoms with Gasteiger partial charge in [0.1, 0.15) is 12.7 Å². The largest absolute Gasteiger partial charge is 0.488 e. The highest BCUT2D eigenvalue weighted by atomic mass is 16.4. The van der Waals surface area contributed by atoms with Gasteiger partial charge < -0.3 is 15.4 Å². The topological polar surface area (TPSA) is 109 Å². The average Bonchev–Trinajstić information content (AvgIpc) is 3.21. The number of hydrogen-bond acceptors (Lipinski definition) is 7. The number of nitrogens with zero attached hydrogens (tertiary/aromatic N) is 5. The van der Waals surface area contributed by atoms with E-state index < -0.39 is 7.12 Å². The zero-order valence-electron chi connectivity index (χ0n) is 13.9. The van der Waals surface area contributed by atoms with Gasteiger partial charge in [0.15, 0.2) is 0 Å². The van der Waals surface area contributed by atoms with Gasteiger partial charge in [-0.2, -0.15) is 15.3 Å². The van der Waals surface area contributed by atoms with Crippen LogP contribution in [0.1, 0.15) is 0 Å². The number of benzene rings is 2. The molecule has 0 aliphatic heterocycles. The highest BCUT2D eigenvalue weighted by molar-refractivity contribution is 6.58. The Bertz CT molecular complexity index is 1070. The maximum atomic E-state index is 9.55. The predicted octanol–water partition coefficient (Wildman–Crippen LogP) is 0.599. The first kappa shape index (κ1) is 16.2. The van der Waals surface area contributed by atoms with Crippen molar-refractivity contribution in [3.05, 3.63) is 55.2 Å². The number of hydrogen-bond donors (Lipinski definition) is 3. The molecular formula is C17H15BN6O2. The van der Waals surface area contributed by atoms with E-state index in [2.05, 4.69) is 25.6 Å². The van der Waals surface area contributed by atoms with Crippen molar-refractivity contribution in [1.29, 1.82) is 0 Å². The first-order chi connectivity index (χ1) is 12.7. The second-order valence-corrected chi connectivity index (χ2v) is 5.73. The molecule has 0 radical (unpaired) electrons. The van der Waals surface area contributed by atoms with Gasteiger partial charge in [0, 0.05) is 18.0 Å². The fourth-order valence-electron chi connectivity index (χ4n) is 2.91. The van der Waals surface area contributed by atoms with E-state index in [0.29, 0.717) is 5.46 Å². The Morgan fingerprint density at radius 1 is 1.12 bits per heavy atom. The summed E-state index contributed by atoms with van der Waals surface area (Å²) in [6.07, 6.45) is 4.71. The summed E-state index contributed by atoms with van der Waals surface area (Å²) < 4.78 is 1.63. The van der Waals surface area contributed by atoms with Crippen LogP contribution in [0.5, 0.6) is 0 Å². The van der Waals surface area contributed by atoms with Crippen LogP contribution >= 0.6 is 0 Å². The molecule has 0 aliphatic rings. The third-order valence-corrected chi connectivity index (χ3v) is 4.20. The van der Waals surface area contributed by atoms with E-state index in [1.54, 1.807) is 35.4 Å². The minimum atomic E-state index is -1.56. The molecule has 0 fully saturated rings. The number of nitrogens with one attached hydrogen (secondary N) is 1. The molecule has 0 spiro atoms. The van der Waals surface area contributed by atoms with Gasteiger partial charge in [-0.1, -0.05) is 18.2 Å². The highest BCUT2D eigenvalue weighted by Gasteiger charge is 2.16. The van der Waals surface area contributed by atoms with E-state index in [1.807, 2.05) is 25.2 Å². The third-order valence-electron chi connectivity index (χ3n) is 4.20. The number of rotatable bonds is 4. The standard InChI is InChI=1S/C17H15BN6O2/c1-19-16-8-21-23-15-6-11(2-4-13(15)16)14-7-12(18(25)26)3-5-17(14)24-10-20-9-22-24/h2-10,25-26H,1H3,(H,19,23). The summed E-state index contributed by atoms with van der Waals surface area (Å²) in [4.78, 5) is 3.99. The van der Waals surface area contributed by atoms with Crippen LogP contribution in [-0.4, -0.2) is 49.2 Å². The molecule has 0 saturated heterocycles. The molecule has 26 heavy (non-hydrogen) atoms. The van der Waals surface area contributed by atoms with Gasteiger partial charge in [0.2, 0.25) is 0 Å². The van der Waals surface area contributed by atoms with Gasteiger partial charge in [-0.3, -0.25) is 0 Å². The summed E-state index contributed by atoms with van der Waals surface area (Å²) in [5.74, 6) is 0. The van der Waals surface area contributed by atoms with Gasteiger partial charge in [0.05, 0.1) is 23.1 Å². The first-order valence-corrected chi connectivity index (χ1v) is 7.96. The Morgan fingerprint density at radius 3 is 2.73 bits per heavy atom. The molecule has 9 heteroatoms. The van der Waals surface area contributed by atoms with Crippen LogP contribution in [0.15, 0.2) is 55.2 Å². The van der Waals surface area contributed by atoms with Crippen molar-refractivity contribution in [3.8, 4) is 16.8 Å². The second-order valence-electron chi connectivity index (χ2n) is 5.73. The maximum Gasteiger partial charge on any atom is 0.488 e. The van der Waals surface area contributed by atoms with Crippen molar-refractivity contribution in [1.82, 2.24) is 25.0 Å². The average molecular weight is 346 g/mol. The Balaban J connectivity index is 1.93. The molecule has 0 unspecified atom stereocenters. The van der Waals surface area contributed by atoms with Crippen molar-refractivity contribution in [3.63, 3.8) is 0 Å². The minimum Gasteiger partial charge on any atom is -0.423 e.